The fourth-order valence-corrected chi connectivity index (χ4v) is 3.25. The van der Waals surface area contributed by atoms with E-state index in [1.165, 1.54) is 38.1 Å². The van der Waals surface area contributed by atoms with Gasteiger partial charge in [-0.25, -0.2) is 0 Å². The van der Waals surface area contributed by atoms with Crippen molar-refractivity contribution in [3.05, 3.63) is 0 Å². The zero-order valence-corrected chi connectivity index (χ0v) is 10.9. The molecule has 1 N–H and O–H groups in total. The second kappa shape index (κ2) is 7.53. The third kappa shape index (κ3) is 4.75. The molecule has 1 aliphatic rings. The Hall–Kier alpha value is 0.270. The number of hydrogen-bond acceptors (Lipinski definition) is 3. The number of aliphatic hydroxyl groups is 1. The number of unbranched alkanes of at least 4 members (excludes halogenated alkanes) is 3. The van der Waals surface area contributed by atoms with Gasteiger partial charge in [-0.1, -0.05) is 19.8 Å². The summed E-state index contributed by atoms with van der Waals surface area (Å²) in [6, 6.07) is 0.738. The molecular formula is C12H25NOS. The van der Waals surface area contributed by atoms with Gasteiger partial charge in [-0.15, -0.1) is 0 Å². The van der Waals surface area contributed by atoms with Crippen molar-refractivity contribution in [2.45, 2.75) is 50.8 Å². The average molecular weight is 231 g/mol. The summed E-state index contributed by atoms with van der Waals surface area (Å²) in [5.74, 6) is 1.29. The van der Waals surface area contributed by atoms with Gasteiger partial charge in [-0.2, -0.15) is 11.8 Å². The highest BCUT2D eigenvalue weighted by Crippen LogP contribution is 2.24. The van der Waals surface area contributed by atoms with Crippen molar-refractivity contribution in [1.82, 2.24) is 4.90 Å². The Morgan fingerprint density at radius 2 is 1.93 bits per heavy atom. The topological polar surface area (TPSA) is 23.5 Å². The van der Waals surface area contributed by atoms with Gasteiger partial charge in [0.1, 0.15) is 0 Å². The van der Waals surface area contributed by atoms with Gasteiger partial charge in [-0.05, 0) is 26.3 Å². The Morgan fingerprint density at radius 3 is 2.67 bits per heavy atom. The van der Waals surface area contributed by atoms with Gasteiger partial charge in [0.05, 0.1) is 0 Å². The summed E-state index contributed by atoms with van der Waals surface area (Å²) in [5.41, 5.74) is 0. The second-order valence-corrected chi connectivity index (χ2v) is 5.98. The van der Waals surface area contributed by atoms with Crippen LogP contribution in [0.5, 0.6) is 0 Å². The molecule has 0 amide bonds. The molecule has 1 rings (SSSR count). The number of aliphatic hydroxyl groups excluding tert-OH is 1. The average Bonchev–Trinajstić information content (AvgIpc) is 2.24. The normalized spacial score (nSPS) is 28.2. The van der Waals surface area contributed by atoms with Crippen molar-refractivity contribution in [2.24, 2.45) is 0 Å². The van der Waals surface area contributed by atoms with Gasteiger partial charge in [0.15, 0.2) is 0 Å². The summed E-state index contributed by atoms with van der Waals surface area (Å²) in [5, 5.41) is 9.47. The molecule has 0 aromatic heterocycles. The van der Waals surface area contributed by atoms with Crippen LogP contribution in [0.15, 0.2) is 0 Å². The quantitative estimate of drug-likeness (QED) is 0.710. The third-order valence-electron chi connectivity index (χ3n) is 3.37. The monoisotopic (exact) mass is 231 g/mol. The van der Waals surface area contributed by atoms with E-state index in [9.17, 15) is 0 Å². The lowest BCUT2D eigenvalue weighted by atomic mass is 10.1. The summed E-state index contributed by atoms with van der Waals surface area (Å²) in [7, 11) is 0. The van der Waals surface area contributed by atoms with Crippen molar-refractivity contribution in [2.75, 3.05) is 25.4 Å². The van der Waals surface area contributed by atoms with Crippen molar-refractivity contribution in [3.63, 3.8) is 0 Å². The van der Waals surface area contributed by atoms with E-state index in [2.05, 4.69) is 30.5 Å². The first-order valence-corrected chi connectivity index (χ1v) is 7.27. The molecule has 0 saturated carbocycles. The van der Waals surface area contributed by atoms with E-state index in [4.69, 9.17) is 5.11 Å². The van der Waals surface area contributed by atoms with Gasteiger partial charge in [-0.3, -0.25) is 4.90 Å². The van der Waals surface area contributed by atoms with E-state index < -0.39 is 0 Å². The Morgan fingerprint density at radius 1 is 1.20 bits per heavy atom. The van der Waals surface area contributed by atoms with Crippen LogP contribution >= 0.6 is 11.8 Å². The Kier molecular flexibility index (Phi) is 6.69. The van der Waals surface area contributed by atoms with Crippen molar-refractivity contribution < 1.29 is 5.11 Å². The van der Waals surface area contributed by atoms with Crippen LogP contribution in [0.2, 0.25) is 0 Å². The van der Waals surface area contributed by atoms with Gasteiger partial charge < -0.3 is 5.11 Å². The lowest BCUT2D eigenvalue weighted by Crippen LogP contribution is -2.44. The molecule has 90 valence electrons. The summed E-state index contributed by atoms with van der Waals surface area (Å²) in [6.45, 7) is 7.55. The summed E-state index contributed by atoms with van der Waals surface area (Å²) < 4.78 is 0. The fourth-order valence-electron chi connectivity index (χ4n) is 2.09. The summed E-state index contributed by atoms with van der Waals surface area (Å²) in [4.78, 5) is 2.63. The maximum atomic E-state index is 8.68. The van der Waals surface area contributed by atoms with Crippen molar-refractivity contribution in [1.29, 1.82) is 0 Å². The molecule has 0 aliphatic carbocycles. The lowest BCUT2D eigenvalue weighted by molar-refractivity contribution is 0.207. The van der Waals surface area contributed by atoms with E-state index in [1.807, 2.05) is 0 Å². The number of nitrogens with zero attached hydrogens (tertiary/aromatic N) is 1. The molecule has 1 aliphatic heterocycles. The smallest absolute Gasteiger partial charge is 0.0431 e. The van der Waals surface area contributed by atoms with Crippen LogP contribution in [0.1, 0.15) is 39.5 Å². The molecule has 3 heteroatoms. The highest BCUT2D eigenvalue weighted by atomic mass is 32.2. The first-order valence-electron chi connectivity index (χ1n) is 6.22. The summed E-state index contributed by atoms with van der Waals surface area (Å²) >= 11 is 2.10. The van der Waals surface area contributed by atoms with Crippen LogP contribution in [0, 0.1) is 0 Å². The zero-order valence-electron chi connectivity index (χ0n) is 10.1. The van der Waals surface area contributed by atoms with Gasteiger partial charge in [0, 0.05) is 30.2 Å². The molecule has 2 unspecified atom stereocenters. The Bertz CT molecular complexity index is 166. The maximum absolute atomic E-state index is 8.68. The second-order valence-electron chi connectivity index (χ2n) is 4.49. The van der Waals surface area contributed by atoms with Crippen LogP contribution in [-0.2, 0) is 0 Å². The standard InChI is InChI=1S/C12H25NOS/c1-11-12(2)15-10-8-13(11)7-5-3-4-6-9-14/h11-12,14H,3-10H2,1-2H3. The Balaban J connectivity index is 2.09. The van der Waals surface area contributed by atoms with Crippen LogP contribution in [0.4, 0.5) is 0 Å². The molecule has 0 aromatic carbocycles. The molecular weight excluding hydrogens is 206 g/mol. The van der Waals surface area contributed by atoms with Crippen LogP contribution in [0.3, 0.4) is 0 Å². The number of rotatable bonds is 6. The fraction of sp³-hybridized carbons (Fsp3) is 1.00. The van der Waals surface area contributed by atoms with E-state index in [0.29, 0.717) is 6.61 Å². The number of hydrogen-bond donors (Lipinski definition) is 1. The van der Waals surface area contributed by atoms with Crippen LogP contribution in [0.25, 0.3) is 0 Å². The molecule has 0 aromatic rings. The van der Waals surface area contributed by atoms with E-state index in [1.54, 1.807) is 0 Å². The molecule has 1 fully saturated rings. The largest absolute Gasteiger partial charge is 0.396 e. The first-order chi connectivity index (χ1) is 7.25. The lowest BCUT2D eigenvalue weighted by Gasteiger charge is -2.37. The van der Waals surface area contributed by atoms with Gasteiger partial charge >= 0.3 is 0 Å². The molecule has 0 bridgehead atoms. The minimum absolute atomic E-state index is 0.355. The minimum Gasteiger partial charge on any atom is -0.396 e. The predicted octanol–water partition coefficient (Wildman–Crippen LogP) is 2.36. The molecule has 1 saturated heterocycles. The molecule has 2 atom stereocenters. The van der Waals surface area contributed by atoms with E-state index in [-0.39, 0.29) is 0 Å². The highest BCUT2D eigenvalue weighted by molar-refractivity contribution is 8.00. The minimum atomic E-state index is 0.355. The number of thioether (sulfide) groups is 1. The third-order valence-corrected chi connectivity index (χ3v) is 4.71. The molecule has 0 spiro atoms. The Labute approximate surface area is 98.4 Å². The van der Waals surface area contributed by atoms with Crippen LogP contribution in [-0.4, -0.2) is 46.7 Å². The van der Waals surface area contributed by atoms with Crippen molar-refractivity contribution in [3.8, 4) is 0 Å². The first kappa shape index (κ1) is 13.3. The summed E-state index contributed by atoms with van der Waals surface area (Å²) in [6.07, 6.45) is 4.72. The SMILES string of the molecule is CC1SCCN(CCCCCCO)C1C. The van der Waals surface area contributed by atoms with Gasteiger partial charge in [0.25, 0.3) is 0 Å². The zero-order chi connectivity index (χ0) is 11.1. The van der Waals surface area contributed by atoms with Crippen molar-refractivity contribution >= 4 is 11.8 Å². The van der Waals surface area contributed by atoms with Gasteiger partial charge in [0.2, 0.25) is 0 Å². The molecule has 15 heavy (non-hydrogen) atoms. The molecule has 0 radical (unpaired) electrons. The molecule has 1 heterocycles. The predicted molar refractivity (Wildman–Crippen MR) is 68.5 cm³/mol. The van der Waals surface area contributed by atoms with E-state index >= 15 is 0 Å². The highest BCUT2D eigenvalue weighted by Gasteiger charge is 2.24. The molecule has 2 nitrogen and oxygen atoms in total. The maximum Gasteiger partial charge on any atom is 0.0431 e. The van der Waals surface area contributed by atoms with E-state index in [0.717, 1.165) is 17.7 Å². The van der Waals surface area contributed by atoms with Crippen LogP contribution < -0.4 is 0 Å².